The van der Waals surface area contributed by atoms with E-state index in [1.54, 1.807) is 6.08 Å². The summed E-state index contributed by atoms with van der Waals surface area (Å²) in [7, 11) is 0. The van der Waals surface area contributed by atoms with Gasteiger partial charge in [-0.25, -0.2) is 4.79 Å². The Morgan fingerprint density at radius 2 is 2.30 bits per heavy atom. The summed E-state index contributed by atoms with van der Waals surface area (Å²) < 4.78 is 4.82. The van der Waals surface area contributed by atoms with Crippen LogP contribution in [0.5, 0.6) is 0 Å². The summed E-state index contributed by atoms with van der Waals surface area (Å²) in [6, 6.07) is 0. The Morgan fingerprint density at radius 3 is 2.60 bits per heavy atom. The highest BCUT2D eigenvalue weighted by Crippen LogP contribution is 1.98. The summed E-state index contributed by atoms with van der Waals surface area (Å²) in [5, 5.41) is 0. The Bertz CT molecular complexity index is 138. The van der Waals surface area contributed by atoms with E-state index in [-0.39, 0.29) is 6.10 Å². The third-order valence-electron chi connectivity index (χ3n) is 1.10. The van der Waals surface area contributed by atoms with Gasteiger partial charge in [-0.2, -0.15) is 0 Å². The molecule has 0 N–H and O–H groups in total. The predicted molar refractivity (Wildman–Crippen MR) is 40.6 cm³/mol. The van der Waals surface area contributed by atoms with Crippen LogP contribution in [0.1, 0.15) is 13.3 Å². The summed E-state index contributed by atoms with van der Waals surface area (Å²) in [5.74, 6) is -0.397. The van der Waals surface area contributed by atoms with E-state index < -0.39 is 5.97 Å². The van der Waals surface area contributed by atoms with Crippen molar-refractivity contribution in [2.45, 2.75) is 19.4 Å². The molecule has 0 spiro atoms. The summed E-state index contributed by atoms with van der Waals surface area (Å²) in [5.41, 5.74) is 0. The third-order valence-corrected chi connectivity index (χ3v) is 1.10. The molecule has 1 unspecified atom stereocenters. The zero-order valence-corrected chi connectivity index (χ0v) is 6.17. The lowest BCUT2D eigenvalue weighted by atomic mass is 10.3. The molecule has 0 saturated carbocycles. The molecular weight excluding hydrogens is 128 g/mol. The second-order valence-electron chi connectivity index (χ2n) is 1.82. The molecule has 2 heteroatoms. The fraction of sp³-hybridized carbons (Fsp3) is 0.375. The van der Waals surface area contributed by atoms with Crippen molar-refractivity contribution in [3.8, 4) is 0 Å². The van der Waals surface area contributed by atoms with Gasteiger partial charge in [-0.05, 0) is 6.42 Å². The Morgan fingerprint density at radius 1 is 1.70 bits per heavy atom. The van der Waals surface area contributed by atoms with Gasteiger partial charge in [-0.1, -0.05) is 26.2 Å². The predicted octanol–water partition coefficient (Wildman–Crippen LogP) is 1.68. The maximum Gasteiger partial charge on any atom is 0.330 e. The highest BCUT2D eigenvalue weighted by Gasteiger charge is 2.03. The van der Waals surface area contributed by atoms with Gasteiger partial charge in [0.1, 0.15) is 6.10 Å². The molecule has 10 heavy (non-hydrogen) atoms. The van der Waals surface area contributed by atoms with Crippen LogP contribution >= 0.6 is 0 Å². The first-order chi connectivity index (χ1) is 4.74. The molecule has 0 heterocycles. The first-order valence-electron chi connectivity index (χ1n) is 3.20. The van der Waals surface area contributed by atoms with E-state index in [0.717, 1.165) is 12.5 Å². The maximum atomic E-state index is 10.6. The van der Waals surface area contributed by atoms with Gasteiger partial charge < -0.3 is 4.74 Å². The average Bonchev–Trinajstić information content (AvgIpc) is 1.99. The molecule has 2 nitrogen and oxygen atoms in total. The quantitative estimate of drug-likeness (QED) is 0.337. The highest BCUT2D eigenvalue weighted by molar-refractivity contribution is 5.81. The van der Waals surface area contributed by atoms with Crippen LogP contribution in [0.15, 0.2) is 25.3 Å². The van der Waals surface area contributed by atoms with Gasteiger partial charge in [0.05, 0.1) is 0 Å². The number of rotatable bonds is 4. The minimum absolute atomic E-state index is 0.175. The van der Waals surface area contributed by atoms with E-state index in [1.807, 2.05) is 6.92 Å². The molecule has 1 atom stereocenters. The van der Waals surface area contributed by atoms with Gasteiger partial charge in [0.25, 0.3) is 0 Å². The van der Waals surface area contributed by atoms with Crippen LogP contribution < -0.4 is 0 Å². The molecule has 0 rings (SSSR count). The molecule has 0 aliphatic rings. The van der Waals surface area contributed by atoms with Gasteiger partial charge >= 0.3 is 5.97 Å². The first kappa shape index (κ1) is 8.95. The Kier molecular flexibility index (Phi) is 4.29. The molecule has 0 aromatic heterocycles. The van der Waals surface area contributed by atoms with Gasteiger partial charge in [0.2, 0.25) is 0 Å². The van der Waals surface area contributed by atoms with Gasteiger partial charge in [0, 0.05) is 6.08 Å². The van der Waals surface area contributed by atoms with E-state index >= 15 is 0 Å². The second kappa shape index (κ2) is 4.79. The van der Waals surface area contributed by atoms with Crippen LogP contribution in [0.4, 0.5) is 0 Å². The molecule has 0 aromatic carbocycles. The topological polar surface area (TPSA) is 26.3 Å². The highest BCUT2D eigenvalue weighted by atomic mass is 16.5. The van der Waals surface area contributed by atoms with Gasteiger partial charge in [-0.15, -0.1) is 0 Å². The van der Waals surface area contributed by atoms with Crippen molar-refractivity contribution in [1.82, 2.24) is 0 Å². The fourth-order valence-electron chi connectivity index (χ4n) is 0.495. The number of hydrogen-bond donors (Lipinski definition) is 0. The number of carbonyl (C=O) groups is 1. The van der Waals surface area contributed by atoms with E-state index in [4.69, 9.17) is 4.74 Å². The standard InChI is InChI=1S/C8H12O2/c1-4-7(5-2)10-8(9)6-3/h4,6-7H,1,3,5H2,2H3. The number of hydrogen-bond acceptors (Lipinski definition) is 2. The molecule has 0 aliphatic carbocycles. The van der Waals surface area contributed by atoms with Crippen LogP contribution in [0.3, 0.4) is 0 Å². The maximum absolute atomic E-state index is 10.6. The largest absolute Gasteiger partial charge is 0.455 e. The molecule has 0 saturated heterocycles. The van der Waals surface area contributed by atoms with Crippen molar-refractivity contribution >= 4 is 5.97 Å². The van der Waals surface area contributed by atoms with E-state index in [1.165, 1.54) is 0 Å². The summed E-state index contributed by atoms with van der Waals surface area (Å²) in [4.78, 5) is 10.6. The summed E-state index contributed by atoms with van der Waals surface area (Å²) in [6.45, 7) is 8.70. The molecule has 56 valence electrons. The summed E-state index contributed by atoms with van der Waals surface area (Å²) in [6.07, 6.45) is 3.32. The van der Waals surface area contributed by atoms with Crippen molar-refractivity contribution in [3.63, 3.8) is 0 Å². The van der Waals surface area contributed by atoms with Crippen LogP contribution in [-0.4, -0.2) is 12.1 Å². The van der Waals surface area contributed by atoms with E-state index in [0.29, 0.717) is 0 Å². The van der Waals surface area contributed by atoms with E-state index in [9.17, 15) is 4.79 Å². The van der Waals surface area contributed by atoms with Crippen LogP contribution in [0, 0.1) is 0 Å². The Balaban J connectivity index is 3.73. The molecule has 0 radical (unpaired) electrons. The van der Waals surface area contributed by atoms with Crippen molar-refractivity contribution in [1.29, 1.82) is 0 Å². The lowest BCUT2D eigenvalue weighted by Gasteiger charge is -2.08. The lowest BCUT2D eigenvalue weighted by molar-refractivity contribution is -0.140. The van der Waals surface area contributed by atoms with E-state index in [2.05, 4.69) is 13.2 Å². The molecule has 0 aromatic rings. The first-order valence-corrected chi connectivity index (χ1v) is 3.20. The summed E-state index contributed by atoms with van der Waals surface area (Å²) >= 11 is 0. The minimum atomic E-state index is -0.397. The smallest absolute Gasteiger partial charge is 0.330 e. The zero-order valence-electron chi connectivity index (χ0n) is 6.17. The van der Waals surface area contributed by atoms with Crippen molar-refractivity contribution in [2.24, 2.45) is 0 Å². The van der Waals surface area contributed by atoms with Crippen molar-refractivity contribution in [2.75, 3.05) is 0 Å². The minimum Gasteiger partial charge on any atom is -0.455 e. The number of carbonyl (C=O) groups excluding carboxylic acids is 1. The van der Waals surface area contributed by atoms with Crippen LogP contribution in [-0.2, 0) is 9.53 Å². The zero-order chi connectivity index (χ0) is 7.98. The van der Waals surface area contributed by atoms with Crippen LogP contribution in [0.25, 0.3) is 0 Å². The Hall–Kier alpha value is -1.05. The monoisotopic (exact) mass is 140 g/mol. The Labute approximate surface area is 61.2 Å². The SMILES string of the molecule is C=CC(=O)OC(C=C)CC. The van der Waals surface area contributed by atoms with Gasteiger partial charge in [-0.3, -0.25) is 0 Å². The molecule has 0 bridgehead atoms. The number of esters is 1. The fourth-order valence-corrected chi connectivity index (χ4v) is 0.495. The molecule has 0 amide bonds. The van der Waals surface area contributed by atoms with Crippen LogP contribution in [0.2, 0.25) is 0 Å². The molecular formula is C8H12O2. The average molecular weight is 140 g/mol. The van der Waals surface area contributed by atoms with Crippen molar-refractivity contribution in [3.05, 3.63) is 25.3 Å². The number of ether oxygens (including phenoxy) is 1. The lowest BCUT2D eigenvalue weighted by Crippen LogP contribution is -2.12. The second-order valence-corrected chi connectivity index (χ2v) is 1.82. The normalized spacial score (nSPS) is 11.7. The third kappa shape index (κ3) is 3.07. The van der Waals surface area contributed by atoms with Gasteiger partial charge in [0.15, 0.2) is 0 Å². The molecule has 0 aliphatic heterocycles. The van der Waals surface area contributed by atoms with Crippen molar-refractivity contribution < 1.29 is 9.53 Å². The molecule has 0 fully saturated rings.